The van der Waals surface area contributed by atoms with Gasteiger partial charge in [-0.15, -0.1) is 10.2 Å². The van der Waals surface area contributed by atoms with Crippen molar-refractivity contribution in [3.8, 4) is 0 Å². The molecule has 14 heavy (non-hydrogen) atoms. The van der Waals surface area contributed by atoms with Gasteiger partial charge in [-0.05, 0) is 13.0 Å². The molecule has 1 unspecified atom stereocenters. The van der Waals surface area contributed by atoms with E-state index in [4.69, 9.17) is 10.8 Å². The van der Waals surface area contributed by atoms with Crippen LogP contribution in [0.2, 0.25) is 0 Å². The molecule has 74 valence electrons. The van der Waals surface area contributed by atoms with Crippen LogP contribution in [0, 0.1) is 6.92 Å². The SMILES string of the molecule is Cc1nnc2c(C(N)CO)cccn12. The van der Waals surface area contributed by atoms with Crippen LogP contribution in [0.5, 0.6) is 0 Å². The summed E-state index contributed by atoms with van der Waals surface area (Å²) in [5.74, 6) is 0.812. The molecule has 0 saturated heterocycles. The van der Waals surface area contributed by atoms with Gasteiger partial charge in [-0.3, -0.25) is 4.40 Å². The van der Waals surface area contributed by atoms with Crippen molar-refractivity contribution in [1.82, 2.24) is 14.6 Å². The molecule has 0 saturated carbocycles. The molecule has 0 radical (unpaired) electrons. The van der Waals surface area contributed by atoms with Crippen LogP contribution >= 0.6 is 0 Å². The van der Waals surface area contributed by atoms with Crippen molar-refractivity contribution < 1.29 is 5.11 Å². The largest absolute Gasteiger partial charge is 0.394 e. The summed E-state index contributed by atoms with van der Waals surface area (Å²) in [7, 11) is 0. The first-order valence-corrected chi connectivity index (χ1v) is 4.40. The van der Waals surface area contributed by atoms with Crippen LogP contribution in [0.25, 0.3) is 5.65 Å². The zero-order valence-electron chi connectivity index (χ0n) is 7.88. The lowest BCUT2D eigenvalue weighted by molar-refractivity contribution is 0.268. The van der Waals surface area contributed by atoms with Gasteiger partial charge in [0.05, 0.1) is 12.6 Å². The second kappa shape index (κ2) is 3.36. The monoisotopic (exact) mass is 192 g/mol. The smallest absolute Gasteiger partial charge is 0.165 e. The maximum atomic E-state index is 8.97. The van der Waals surface area contributed by atoms with E-state index in [2.05, 4.69) is 10.2 Å². The highest BCUT2D eigenvalue weighted by Crippen LogP contribution is 2.15. The van der Waals surface area contributed by atoms with Gasteiger partial charge < -0.3 is 10.8 Å². The average molecular weight is 192 g/mol. The number of pyridine rings is 1. The minimum atomic E-state index is -0.401. The number of nitrogens with zero attached hydrogens (tertiary/aromatic N) is 3. The van der Waals surface area contributed by atoms with Gasteiger partial charge in [-0.25, -0.2) is 0 Å². The molecule has 0 aromatic carbocycles. The number of fused-ring (bicyclic) bond motifs is 1. The van der Waals surface area contributed by atoms with Crippen molar-refractivity contribution in [2.45, 2.75) is 13.0 Å². The van der Waals surface area contributed by atoms with Crippen LogP contribution < -0.4 is 5.73 Å². The molecule has 0 fully saturated rings. The fraction of sp³-hybridized carbons (Fsp3) is 0.333. The summed E-state index contributed by atoms with van der Waals surface area (Å²) in [6, 6.07) is 3.32. The van der Waals surface area contributed by atoms with Crippen LogP contribution in [0.4, 0.5) is 0 Å². The maximum Gasteiger partial charge on any atom is 0.165 e. The number of aromatic nitrogens is 3. The summed E-state index contributed by atoms with van der Waals surface area (Å²) >= 11 is 0. The third-order valence-electron chi connectivity index (χ3n) is 2.23. The second-order valence-corrected chi connectivity index (χ2v) is 3.19. The molecule has 0 bridgehead atoms. The molecule has 1 atom stereocenters. The molecule has 2 aromatic heterocycles. The van der Waals surface area contributed by atoms with E-state index in [1.807, 2.05) is 29.7 Å². The zero-order chi connectivity index (χ0) is 10.1. The standard InChI is InChI=1S/C9H12N4O/c1-6-11-12-9-7(8(10)5-14)3-2-4-13(6)9/h2-4,8,14H,5,10H2,1H3. The molecule has 2 aromatic rings. The molecule has 0 spiro atoms. The van der Waals surface area contributed by atoms with E-state index < -0.39 is 6.04 Å². The lowest BCUT2D eigenvalue weighted by atomic mass is 10.1. The number of aryl methyl sites for hydroxylation is 1. The number of rotatable bonds is 2. The van der Waals surface area contributed by atoms with E-state index in [0.717, 1.165) is 11.4 Å². The van der Waals surface area contributed by atoms with Crippen LogP contribution in [0.1, 0.15) is 17.4 Å². The van der Waals surface area contributed by atoms with E-state index in [9.17, 15) is 0 Å². The lowest BCUT2D eigenvalue weighted by Gasteiger charge is -2.08. The van der Waals surface area contributed by atoms with E-state index in [0.29, 0.717) is 5.65 Å². The summed E-state index contributed by atoms with van der Waals surface area (Å²) < 4.78 is 1.85. The quantitative estimate of drug-likeness (QED) is 0.703. The van der Waals surface area contributed by atoms with Crippen molar-refractivity contribution in [2.24, 2.45) is 5.73 Å². The third kappa shape index (κ3) is 1.26. The Balaban J connectivity index is 2.65. The molecule has 0 aliphatic heterocycles. The van der Waals surface area contributed by atoms with Crippen LogP contribution in [-0.2, 0) is 0 Å². The topological polar surface area (TPSA) is 76.4 Å². The van der Waals surface area contributed by atoms with Gasteiger partial charge in [0, 0.05) is 11.8 Å². The van der Waals surface area contributed by atoms with Crippen LogP contribution in [0.15, 0.2) is 18.3 Å². The first-order chi connectivity index (χ1) is 6.74. The van der Waals surface area contributed by atoms with Gasteiger partial charge in [0.1, 0.15) is 5.82 Å². The second-order valence-electron chi connectivity index (χ2n) is 3.19. The number of nitrogens with two attached hydrogens (primary N) is 1. The molecule has 2 rings (SSSR count). The lowest BCUT2D eigenvalue weighted by Crippen LogP contribution is -2.15. The fourth-order valence-electron chi connectivity index (χ4n) is 1.44. The number of aliphatic hydroxyl groups excluding tert-OH is 1. The summed E-state index contributed by atoms with van der Waals surface area (Å²) in [5.41, 5.74) is 7.27. The van der Waals surface area contributed by atoms with Gasteiger partial charge in [-0.2, -0.15) is 0 Å². The highest BCUT2D eigenvalue weighted by atomic mass is 16.3. The average Bonchev–Trinajstić information content (AvgIpc) is 2.59. The van der Waals surface area contributed by atoms with Crippen molar-refractivity contribution in [1.29, 1.82) is 0 Å². The van der Waals surface area contributed by atoms with Gasteiger partial charge in [0.2, 0.25) is 0 Å². The molecule has 3 N–H and O–H groups in total. The summed E-state index contributed by atoms with van der Waals surface area (Å²) in [5, 5.41) is 16.9. The van der Waals surface area contributed by atoms with Crippen LogP contribution in [0.3, 0.4) is 0 Å². The van der Waals surface area contributed by atoms with Crippen molar-refractivity contribution >= 4 is 5.65 Å². The fourth-order valence-corrected chi connectivity index (χ4v) is 1.44. The Kier molecular flexibility index (Phi) is 2.18. The Morgan fingerprint density at radius 2 is 2.36 bits per heavy atom. The minimum Gasteiger partial charge on any atom is -0.394 e. The summed E-state index contributed by atoms with van der Waals surface area (Å²) in [6.45, 7) is 1.78. The van der Waals surface area contributed by atoms with E-state index >= 15 is 0 Å². The molecule has 2 heterocycles. The highest BCUT2D eigenvalue weighted by molar-refractivity contribution is 5.49. The van der Waals surface area contributed by atoms with E-state index in [-0.39, 0.29) is 6.61 Å². The molecule has 5 nitrogen and oxygen atoms in total. The highest BCUT2D eigenvalue weighted by Gasteiger charge is 2.11. The minimum absolute atomic E-state index is 0.0917. The zero-order valence-corrected chi connectivity index (χ0v) is 7.88. The Bertz CT molecular complexity index is 451. The summed E-state index contributed by atoms with van der Waals surface area (Å²) in [4.78, 5) is 0. The van der Waals surface area contributed by atoms with Crippen molar-refractivity contribution in [3.05, 3.63) is 29.7 Å². The van der Waals surface area contributed by atoms with Gasteiger partial charge in [0.15, 0.2) is 5.65 Å². The molecule has 0 amide bonds. The van der Waals surface area contributed by atoms with Crippen LogP contribution in [-0.4, -0.2) is 26.3 Å². The molecule has 0 aliphatic rings. The Labute approximate surface area is 81.2 Å². The van der Waals surface area contributed by atoms with E-state index in [1.165, 1.54) is 0 Å². The predicted octanol–water partition coefficient (Wildman–Crippen LogP) is 0.0298. The van der Waals surface area contributed by atoms with E-state index in [1.54, 1.807) is 0 Å². The third-order valence-corrected chi connectivity index (χ3v) is 2.23. The Hall–Kier alpha value is -1.46. The summed E-state index contributed by atoms with van der Waals surface area (Å²) in [6.07, 6.45) is 1.87. The molecular weight excluding hydrogens is 180 g/mol. The first-order valence-electron chi connectivity index (χ1n) is 4.40. The molecule has 5 heteroatoms. The Morgan fingerprint density at radius 3 is 3.07 bits per heavy atom. The maximum absolute atomic E-state index is 8.97. The van der Waals surface area contributed by atoms with Gasteiger partial charge >= 0.3 is 0 Å². The first kappa shape index (κ1) is 9.11. The molecule has 0 aliphatic carbocycles. The van der Waals surface area contributed by atoms with Crippen molar-refractivity contribution in [3.63, 3.8) is 0 Å². The van der Waals surface area contributed by atoms with Crippen molar-refractivity contribution in [2.75, 3.05) is 6.61 Å². The Morgan fingerprint density at radius 1 is 1.57 bits per heavy atom. The normalized spacial score (nSPS) is 13.4. The predicted molar refractivity (Wildman–Crippen MR) is 51.7 cm³/mol. The molecular formula is C9H12N4O. The van der Waals surface area contributed by atoms with Gasteiger partial charge in [-0.1, -0.05) is 6.07 Å². The number of hydrogen-bond donors (Lipinski definition) is 2. The number of aliphatic hydroxyl groups is 1. The van der Waals surface area contributed by atoms with Gasteiger partial charge in [0.25, 0.3) is 0 Å². The number of hydrogen-bond acceptors (Lipinski definition) is 4.